The van der Waals surface area contributed by atoms with E-state index >= 15 is 0 Å². The Balaban J connectivity index is 2.01. The predicted molar refractivity (Wildman–Crippen MR) is 143 cm³/mol. The normalized spacial score (nSPS) is 12.8. The zero-order chi connectivity index (χ0) is 27.2. The van der Waals surface area contributed by atoms with Gasteiger partial charge in [-0.25, -0.2) is 22.0 Å². The Bertz CT molecular complexity index is 1580. The SMILES string of the molecule is C=CCN(CC=C)S(=O)(=O)c1ccc(C(=O)N=c2sc3cc(S(N)(=O)=O)ccc3n2CCOCC)cc1. The molecule has 0 atom stereocenters. The number of thiazole rings is 1. The fourth-order valence-corrected chi connectivity index (χ4v) is 6.55. The molecule has 1 heterocycles. The summed E-state index contributed by atoms with van der Waals surface area (Å²) < 4.78 is 58.4. The van der Waals surface area contributed by atoms with Crippen molar-refractivity contribution >= 4 is 47.5 Å². The van der Waals surface area contributed by atoms with Crippen LogP contribution in [-0.2, 0) is 31.3 Å². The van der Waals surface area contributed by atoms with Crippen LogP contribution in [-0.4, -0.2) is 57.9 Å². The first kappa shape index (κ1) is 28.6. The van der Waals surface area contributed by atoms with Crippen LogP contribution in [0.5, 0.6) is 0 Å². The Hall–Kier alpha value is -2.94. The van der Waals surface area contributed by atoms with Crippen molar-refractivity contribution in [2.24, 2.45) is 10.1 Å². The van der Waals surface area contributed by atoms with E-state index in [0.717, 1.165) is 11.3 Å². The summed E-state index contributed by atoms with van der Waals surface area (Å²) in [5.41, 5.74) is 0.867. The first-order valence-electron chi connectivity index (χ1n) is 11.2. The highest BCUT2D eigenvalue weighted by Gasteiger charge is 2.22. The molecule has 0 aliphatic carbocycles. The molecule has 37 heavy (non-hydrogen) atoms. The monoisotopic (exact) mass is 564 g/mol. The van der Waals surface area contributed by atoms with Crippen molar-refractivity contribution in [3.63, 3.8) is 0 Å². The number of ether oxygens (including phenoxy) is 1. The maximum Gasteiger partial charge on any atom is 0.279 e. The summed E-state index contributed by atoms with van der Waals surface area (Å²) in [5.74, 6) is -0.582. The van der Waals surface area contributed by atoms with Crippen LogP contribution in [0.4, 0.5) is 0 Å². The number of amides is 1. The first-order valence-corrected chi connectivity index (χ1v) is 15.0. The zero-order valence-corrected chi connectivity index (χ0v) is 22.7. The Morgan fingerprint density at radius 1 is 1.08 bits per heavy atom. The molecule has 0 unspecified atom stereocenters. The number of aromatic nitrogens is 1. The van der Waals surface area contributed by atoms with Gasteiger partial charge in [0.15, 0.2) is 4.80 Å². The van der Waals surface area contributed by atoms with Gasteiger partial charge >= 0.3 is 0 Å². The molecule has 198 valence electrons. The average Bonchev–Trinajstić information content (AvgIpc) is 3.19. The molecule has 3 aromatic rings. The fourth-order valence-electron chi connectivity index (χ4n) is 3.46. The average molecular weight is 565 g/mol. The molecule has 1 aromatic heterocycles. The lowest BCUT2D eigenvalue weighted by Crippen LogP contribution is -2.31. The highest BCUT2D eigenvalue weighted by Crippen LogP contribution is 2.22. The van der Waals surface area contributed by atoms with Gasteiger partial charge < -0.3 is 9.30 Å². The lowest BCUT2D eigenvalue weighted by molar-refractivity contribution is 0.0996. The maximum atomic E-state index is 13.0. The number of carbonyl (C=O) groups is 1. The molecular weight excluding hydrogens is 536 g/mol. The molecule has 13 heteroatoms. The Kier molecular flexibility index (Phi) is 9.34. The lowest BCUT2D eigenvalue weighted by atomic mass is 10.2. The molecule has 0 radical (unpaired) electrons. The molecule has 10 nitrogen and oxygen atoms in total. The number of hydrogen-bond acceptors (Lipinski definition) is 7. The van der Waals surface area contributed by atoms with Crippen molar-refractivity contribution < 1.29 is 26.4 Å². The second kappa shape index (κ2) is 12.1. The number of hydrogen-bond donors (Lipinski definition) is 1. The minimum absolute atomic E-state index is 0.0249. The summed E-state index contributed by atoms with van der Waals surface area (Å²) >= 11 is 1.14. The number of rotatable bonds is 12. The third kappa shape index (κ3) is 6.69. The molecule has 3 rings (SSSR count). The van der Waals surface area contributed by atoms with Gasteiger partial charge in [-0.2, -0.15) is 9.30 Å². The number of sulfonamides is 2. The molecule has 2 N–H and O–H groups in total. The summed E-state index contributed by atoms with van der Waals surface area (Å²) in [6.07, 6.45) is 2.96. The summed E-state index contributed by atoms with van der Waals surface area (Å²) in [6, 6.07) is 9.94. The summed E-state index contributed by atoms with van der Waals surface area (Å²) in [4.78, 5) is 17.6. The van der Waals surface area contributed by atoms with Crippen molar-refractivity contribution in [2.75, 3.05) is 26.3 Å². The molecule has 2 aromatic carbocycles. The first-order chi connectivity index (χ1) is 17.5. The molecule has 0 saturated carbocycles. The van der Waals surface area contributed by atoms with E-state index in [2.05, 4.69) is 18.2 Å². The minimum atomic E-state index is -3.90. The van der Waals surface area contributed by atoms with Crippen LogP contribution in [0.1, 0.15) is 17.3 Å². The van der Waals surface area contributed by atoms with Gasteiger partial charge in [-0.15, -0.1) is 13.2 Å². The second-order valence-corrected chi connectivity index (χ2v) is 12.3. The summed E-state index contributed by atoms with van der Waals surface area (Å²) in [5, 5.41) is 5.26. The minimum Gasteiger partial charge on any atom is -0.380 e. The maximum absolute atomic E-state index is 13.0. The standard InChI is InChI=1S/C24H28N4O6S3/c1-4-13-27(14-5-2)37(32,33)19-9-7-18(8-10-19)23(29)26-24-28(15-16-34-6-3)21-12-11-20(36(25,30)31)17-22(21)35-24/h4-5,7-12,17H,1-2,6,13-16H2,3H3,(H2,25,30,31). The van der Waals surface area contributed by atoms with Crippen LogP contribution in [0.2, 0.25) is 0 Å². The number of primary sulfonamides is 1. The van der Waals surface area contributed by atoms with Gasteiger partial charge in [0.2, 0.25) is 20.0 Å². The van der Waals surface area contributed by atoms with E-state index in [0.29, 0.717) is 34.8 Å². The number of carbonyl (C=O) groups excluding carboxylic acids is 1. The predicted octanol–water partition coefficient (Wildman–Crippen LogP) is 2.49. The van der Waals surface area contributed by atoms with Crippen LogP contribution in [0, 0.1) is 0 Å². The molecular formula is C24H28N4O6S3. The van der Waals surface area contributed by atoms with Crippen LogP contribution >= 0.6 is 11.3 Å². The number of fused-ring (bicyclic) bond motifs is 1. The largest absolute Gasteiger partial charge is 0.380 e. The lowest BCUT2D eigenvalue weighted by Gasteiger charge is -2.19. The molecule has 0 aliphatic rings. The zero-order valence-electron chi connectivity index (χ0n) is 20.2. The third-order valence-electron chi connectivity index (χ3n) is 5.25. The molecule has 0 fully saturated rings. The molecule has 0 spiro atoms. The van der Waals surface area contributed by atoms with E-state index < -0.39 is 26.0 Å². The van der Waals surface area contributed by atoms with Crippen molar-refractivity contribution in [1.82, 2.24) is 8.87 Å². The summed E-state index contributed by atoms with van der Waals surface area (Å²) in [6.45, 7) is 10.5. The van der Waals surface area contributed by atoms with Crippen molar-refractivity contribution in [2.45, 2.75) is 23.3 Å². The topological polar surface area (TPSA) is 141 Å². The van der Waals surface area contributed by atoms with Gasteiger partial charge in [-0.05, 0) is 49.4 Å². The molecule has 0 saturated heterocycles. The number of nitrogens with zero attached hydrogens (tertiary/aromatic N) is 3. The van der Waals surface area contributed by atoms with Crippen molar-refractivity contribution in [3.8, 4) is 0 Å². The third-order valence-corrected chi connectivity index (χ3v) is 9.05. The van der Waals surface area contributed by atoms with E-state index in [1.165, 1.54) is 52.9 Å². The van der Waals surface area contributed by atoms with E-state index in [1.807, 2.05) is 6.92 Å². The van der Waals surface area contributed by atoms with Gasteiger partial charge in [0.25, 0.3) is 5.91 Å². The van der Waals surface area contributed by atoms with Crippen LogP contribution in [0.25, 0.3) is 10.2 Å². The van der Waals surface area contributed by atoms with Gasteiger partial charge in [0, 0.05) is 31.8 Å². The number of nitrogens with two attached hydrogens (primary N) is 1. The van der Waals surface area contributed by atoms with Crippen LogP contribution < -0.4 is 9.94 Å². The smallest absolute Gasteiger partial charge is 0.279 e. The van der Waals surface area contributed by atoms with Gasteiger partial charge in [0.05, 0.1) is 26.6 Å². The molecule has 0 bridgehead atoms. The van der Waals surface area contributed by atoms with E-state index in [9.17, 15) is 21.6 Å². The van der Waals surface area contributed by atoms with E-state index in [1.54, 1.807) is 10.6 Å². The van der Waals surface area contributed by atoms with Crippen molar-refractivity contribution in [1.29, 1.82) is 0 Å². The van der Waals surface area contributed by atoms with Gasteiger partial charge in [-0.1, -0.05) is 23.5 Å². The van der Waals surface area contributed by atoms with Crippen molar-refractivity contribution in [3.05, 3.63) is 78.1 Å². The quantitative estimate of drug-likeness (QED) is 0.265. The Morgan fingerprint density at radius 2 is 1.70 bits per heavy atom. The van der Waals surface area contributed by atoms with Crippen LogP contribution in [0.3, 0.4) is 0 Å². The Labute approximate surface area is 220 Å². The second-order valence-electron chi connectivity index (χ2n) is 7.75. The molecule has 1 amide bonds. The van der Waals surface area contributed by atoms with E-state index in [-0.39, 0.29) is 28.4 Å². The highest BCUT2D eigenvalue weighted by atomic mass is 32.2. The highest BCUT2D eigenvalue weighted by molar-refractivity contribution is 7.89. The van der Waals surface area contributed by atoms with E-state index in [4.69, 9.17) is 9.88 Å². The van der Waals surface area contributed by atoms with Gasteiger partial charge in [-0.3, -0.25) is 4.79 Å². The fraction of sp³-hybridized carbons (Fsp3) is 0.250. The number of benzene rings is 2. The Morgan fingerprint density at radius 3 is 2.27 bits per heavy atom. The summed E-state index contributed by atoms with van der Waals surface area (Å²) in [7, 11) is -7.71. The van der Waals surface area contributed by atoms with Gasteiger partial charge in [0.1, 0.15) is 0 Å². The molecule has 0 aliphatic heterocycles. The van der Waals surface area contributed by atoms with Crippen LogP contribution in [0.15, 0.2) is 82.6 Å².